The summed E-state index contributed by atoms with van der Waals surface area (Å²) in [4.78, 5) is 16.9. The van der Waals surface area contributed by atoms with E-state index < -0.39 is 0 Å². The lowest BCUT2D eigenvalue weighted by Gasteiger charge is -2.05. The Hall–Kier alpha value is -3.16. The van der Waals surface area contributed by atoms with Gasteiger partial charge in [0.15, 0.2) is 10.9 Å². The monoisotopic (exact) mass is 478 g/mol. The molecule has 0 atom stereocenters. The van der Waals surface area contributed by atoms with Crippen molar-refractivity contribution >= 4 is 59.3 Å². The van der Waals surface area contributed by atoms with Crippen molar-refractivity contribution in [3.8, 4) is 5.75 Å². The highest BCUT2D eigenvalue weighted by atomic mass is 79.9. The van der Waals surface area contributed by atoms with Crippen molar-refractivity contribution in [2.75, 3.05) is 5.32 Å². The highest BCUT2D eigenvalue weighted by Crippen LogP contribution is 2.29. The summed E-state index contributed by atoms with van der Waals surface area (Å²) < 4.78 is 13.4. The number of fused-ring (bicyclic) bond motifs is 2. The molecule has 0 aliphatic rings. The lowest BCUT2D eigenvalue weighted by molar-refractivity contribution is 0.0992. The third-order valence-electron chi connectivity index (χ3n) is 4.56. The topological polar surface area (TPSA) is 64.4 Å². The molecule has 5 aromatic rings. The molecule has 0 spiro atoms. The number of anilines is 1. The molecule has 2 aromatic heterocycles. The first-order valence-corrected chi connectivity index (χ1v) is 10.8. The van der Waals surface area contributed by atoms with Gasteiger partial charge in [-0.1, -0.05) is 57.6 Å². The lowest BCUT2D eigenvalue weighted by Crippen LogP contribution is -2.10. The molecule has 3 aromatic carbocycles. The number of rotatable bonds is 5. The molecule has 0 fully saturated rings. The highest BCUT2D eigenvalue weighted by Gasteiger charge is 2.14. The van der Waals surface area contributed by atoms with Crippen LogP contribution in [0.15, 0.2) is 81.7 Å². The summed E-state index contributed by atoms with van der Waals surface area (Å²) in [5.41, 5.74) is 0.836. The molecule has 148 valence electrons. The highest BCUT2D eigenvalue weighted by molar-refractivity contribution is 9.10. The molecule has 30 heavy (non-hydrogen) atoms. The predicted molar refractivity (Wildman–Crippen MR) is 122 cm³/mol. The average Bonchev–Trinajstić information content (AvgIpc) is 3.38. The Bertz CT molecular complexity index is 1380. The predicted octanol–water partition coefficient (Wildman–Crippen LogP) is 6.64. The van der Waals surface area contributed by atoms with Gasteiger partial charge in [-0.3, -0.25) is 10.1 Å². The quantitative estimate of drug-likeness (QED) is 0.307. The van der Waals surface area contributed by atoms with Gasteiger partial charge in [-0.2, -0.15) is 0 Å². The van der Waals surface area contributed by atoms with Crippen molar-refractivity contribution in [3.63, 3.8) is 0 Å². The number of aromatic nitrogens is 1. The number of amides is 1. The smallest absolute Gasteiger partial charge is 0.293 e. The number of halogens is 1. The van der Waals surface area contributed by atoms with Crippen LogP contribution in [0.2, 0.25) is 0 Å². The molecule has 5 rings (SSSR count). The van der Waals surface area contributed by atoms with E-state index in [-0.39, 0.29) is 18.3 Å². The van der Waals surface area contributed by atoms with Gasteiger partial charge in [-0.05, 0) is 53.2 Å². The molecule has 5 nitrogen and oxygen atoms in total. The number of nitrogens with one attached hydrogen (secondary N) is 1. The molecule has 0 aliphatic heterocycles. The van der Waals surface area contributed by atoms with Crippen molar-refractivity contribution in [3.05, 3.63) is 88.8 Å². The number of carbonyl (C=O) groups excluding carboxylic acids is 1. The fourth-order valence-corrected chi connectivity index (χ4v) is 4.51. The van der Waals surface area contributed by atoms with Crippen LogP contribution in [0.3, 0.4) is 0 Å². The molecule has 1 N–H and O–H groups in total. The Labute approximate surface area is 184 Å². The van der Waals surface area contributed by atoms with Gasteiger partial charge in [-0.25, -0.2) is 4.98 Å². The van der Waals surface area contributed by atoms with Gasteiger partial charge in [0.05, 0.1) is 10.2 Å². The molecule has 1 amide bonds. The molecule has 0 saturated carbocycles. The van der Waals surface area contributed by atoms with E-state index in [9.17, 15) is 4.79 Å². The first-order valence-electron chi connectivity index (χ1n) is 9.22. The van der Waals surface area contributed by atoms with Crippen LogP contribution < -0.4 is 10.1 Å². The Kier molecular flexibility index (Phi) is 4.98. The number of thiazole rings is 1. The van der Waals surface area contributed by atoms with E-state index in [1.165, 1.54) is 11.3 Å². The Morgan fingerprint density at radius 3 is 2.80 bits per heavy atom. The van der Waals surface area contributed by atoms with Gasteiger partial charge in [0.1, 0.15) is 18.1 Å². The van der Waals surface area contributed by atoms with Crippen molar-refractivity contribution in [2.45, 2.75) is 6.61 Å². The van der Waals surface area contributed by atoms with Crippen molar-refractivity contribution in [1.82, 2.24) is 4.98 Å². The van der Waals surface area contributed by atoms with Gasteiger partial charge in [0.25, 0.3) is 5.91 Å². The van der Waals surface area contributed by atoms with Crippen LogP contribution in [0.25, 0.3) is 21.0 Å². The number of hydrogen-bond donors (Lipinski definition) is 1. The van der Waals surface area contributed by atoms with Crippen molar-refractivity contribution < 1.29 is 13.9 Å². The van der Waals surface area contributed by atoms with Crippen LogP contribution in [0, 0.1) is 0 Å². The largest absolute Gasteiger partial charge is 0.486 e. The zero-order valence-corrected chi connectivity index (χ0v) is 18.0. The molecule has 0 radical (unpaired) electrons. The summed E-state index contributed by atoms with van der Waals surface area (Å²) in [6.45, 7) is 0.237. The average molecular weight is 479 g/mol. The number of benzene rings is 3. The molecule has 7 heteroatoms. The molecule has 0 aliphatic carbocycles. The van der Waals surface area contributed by atoms with Crippen LogP contribution in [-0.4, -0.2) is 10.9 Å². The minimum absolute atomic E-state index is 0.215. The van der Waals surface area contributed by atoms with E-state index >= 15 is 0 Å². The SMILES string of the molecule is O=C(Nc1nc2ccc(Br)cc2s1)c1ccc(COc2ccc3ccccc3c2)o1. The van der Waals surface area contributed by atoms with Crippen LogP contribution in [0.5, 0.6) is 5.75 Å². The van der Waals surface area contributed by atoms with E-state index in [1.807, 2.05) is 54.6 Å². The first kappa shape index (κ1) is 18.8. The zero-order valence-electron chi connectivity index (χ0n) is 15.6. The molecular formula is C23H15BrN2O3S. The third-order valence-corrected chi connectivity index (χ3v) is 5.99. The third kappa shape index (κ3) is 3.94. The summed E-state index contributed by atoms with van der Waals surface area (Å²) >= 11 is 4.85. The maximum atomic E-state index is 12.5. The summed E-state index contributed by atoms with van der Waals surface area (Å²) in [5.74, 6) is 1.19. The summed E-state index contributed by atoms with van der Waals surface area (Å²) in [6, 6.07) is 23.2. The number of carbonyl (C=O) groups is 1. The summed E-state index contributed by atoms with van der Waals surface area (Å²) in [7, 11) is 0. The molecule has 2 heterocycles. The second kappa shape index (κ2) is 7.93. The van der Waals surface area contributed by atoms with Gasteiger partial charge in [0, 0.05) is 4.47 Å². The van der Waals surface area contributed by atoms with Crippen LogP contribution in [-0.2, 0) is 6.61 Å². The molecule has 0 saturated heterocycles. The van der Waals surface area contributed by atoms with Gasteiger partial charge in [-0.15, -0.1) is 0 Å². The number of ether oxygens (including phenoxy) is 1. The van der Waals surface area contributed by atoms with Crippen LogP contribution in [0.4, 0.5) is 5.13 Å². The Balaban J connectivity index is 1.25. The summed E-state index contributed by atoms with van der Waals surface area (Å²) in [5, 5.41) is 5.58. The minimum atomic E-state index is -0.343. The fourth-order valence-electron chi connectivity index (χ4n) is 3.10. The Morgan fingerprint density at radius 1 is 1.03 bits per heavy atom. The maximum Gasteiger partial charge on any atom is 0.293 e. The summed E-state index contributed by atoms with van der Waals surface area (Å²) in [6.07, 6.45) is 0. The van der Waals surface area contributed by atoms with Crippen molar-refractivity contribution in [1.29, 1.82) is 0 Å². The number of furan rings is 1. The lowest BCUT2D eigenvalue weighted by atomic mass is 10.1. The van der Waals surface area contributed by atoms with E-state index in [2.05, 4.69) is 32.3 Å². The van der Waals surface area contributed by atoms with E-state index in [1.54, 1.807) is 12.1 Å². The molecular weight excluding hydrogens is 464 g/mol. The maximum absolute atomic E-state index is 12.5. The van der Waals surface area contributed by atoms with Crippen LogP contribution >= 0.6 is 27.3 Å². The second-order valence-electron chi connectivity index (χ2n) is 6.65. The minimum Gasteiger partial charge on any atom is -0.486 e. The number of nitrogens with zero attached hydrogens (tertiary/aromatic N) is 1. The normalized spacial score (nSPS) is 11.1. The van der Waals surface area contributed by atoms with E-state index in [4.69, 9.17) is 9.15 Å². The van der Waals surface area contributed by atoms with Gasteiger partial charge < -0.3 is 9.15 Å². The fraction of sp³-hybridized carbons (Fsp3) is 0.0435. The second-order valence-corrected chi connectivity index (χ2v) is 8.60. The van der Waals surface area contributed by atoms with E-state index in [0.29, 0.717) is 10.9 Å². The molecule has 0 unspecified atom stereocenters. The Morgan fingerprint density at radius 2 is 1.90 bits per heavy atom. The van der Waals surface area contributed by atoms with E-state index in [0.717, 1.165) is 31.2 Å². The standard InChI is InChI=1S/C23H15BrN2O3S/c24-16-6-9-19-21(12-16)30-23(25-19)26-22(27)20-10-8-18(29-20)13-28-17-7-5-14-3-1-2-4-15(14)11-17/h1-12H,13H2,(H,25,26,27). The van der Waals surface area contributed by atoms with Crippen LogP contribution in [0.1, 0.15) is 16.3 Å². The zero-order chi connectivity index (χ0) is 20.5. The molecule has 0 bridgehead atoms. The number of hydrogen-bond acceptors (Lipinski definition) is 5. The van der Waals surface area contributed by atoms with Crippen molar-refractivity contribution in [2.24, 2.45) is 0 Å². The first-order chi connectivity index (χ1) is 14.6. The van der Waals surface area contributed by atoms with Gasteiger partial charge in [0.2, 0.25) is 0 Å². The van der Waals surface area contributed by atoms with Gasteiger partial charge >= 0.3 is 0 Å².